The lowest BCUT2D eigenvalue weighted by atomic mass is 9.96. The number of imidazole rings is 1. The number of hydrogen-bond acceptors (Lipinski definition) is 10. The van der Waals surface area contributed by atoms with Gasteiger partial charge in [-0.3, -0.25) is 14.3 Å². The number of nitrogen functional groups attached to an aromatic ring is 2. The zero-order valence-corrected chi connectivity index (χ0v) is 15.8. The van der Waals surface area contributed by atoms with Crippen molar-refractivity contribution < 1.29 is 24.5 Å². The molecule has 4 atom stereocenters. The highest BCUT2D eigenvalue weighted by molar-refractivity contribution is 5.94. The van der Waals surface area contributed by atoms with Crippen LogP contribution in [0.15, 0.2) is 35.4 Å². The summed E-state index contributed by atoms with van der Waals surface area (Å²) in [6.07, 6.45) is -2.40. The number of hydrogen-bond donors (Lipinski definition) is 5. The van der Waals surface area contributed by atoms with Crippen molar-refractivity contribution in [2.45, 2.75) is 31.0 Å². The fraction of sp³-hybridized carbons (Fsp3) is 0.333. The number of rotatable bonds is 4. The quantitative estimate of drug-likeness (QED) is 0.264. The Balaban J connectivity index is 1.57. The molecular formula is C18H20N6O6. The minimum Gasteiger partial charge on any atom is -0.459 e. The summed E-state index contributed by atoms with van der Waals surface area (Å²) in [5, 5.41) is 21.4. The number of aromatic nitrogens is 4. The van der Waals surface area contributed by atoms with Crippen LogP contribution in [0, 0.1) is 0 Å². The SMILES string of the molecule is C[C@@]1(O)[C@H](O)[C@@H](COC(=O)c2ccccc2N)O[C@H]1n1cnc2c(=O)[nH]c(N)nc21. The Hall–Kier alpha value is -3.48. The molecule has 1 fully saturated rings. The molecule has 2 aromatic heterocycles. The molecule has 0 spiro atoms. The van der Waals surface area contributed by atoms with Crippen LogP contribution >= 0.6 is 0 Å². The van der Waals surface area contributed by atoms with Gasteiger partial charge in [0, 0.05) is 5.69 Å². The number of fused-ring (bicyclic) bond motifs is 1. The van der Waals surface area contributed by atoms with Gasteiger partial charge in [0.15, 0.2) is 17.4 Å². The highest BCUT2D eigenvalue weighted by atomic mass is 16.6. The molecular weight excluding hydrogens is 396 g/mol. The normalized spacial score (nSPS) is 26.2. The van der Waals surface area contributed by atoms with E-state index in [2.05, 4.69) is 15.0 Å². The molecule has 1 aliphatic rings. The van der Waals surface area contributed by atoms with Gasteiger partial charge in [-0.25, -0.2) is 9.78 Å². The van der Waals surface area contributed by atoms with Gasteiger partial charge < -0.3 is 31.2 Å². The lowest BCUT2D eigenvalue weighted by molar-refractivity contribution is -0.0953. The lowest BCUT2D eigenvalue weighted by Crippen LogP contribution is -2.44. The molecule has 1 saturated heterocycles. The summed E-state index contributed by atoms with van der Waals surface area (Å²) in [5.41, 5.74) is 9.48. The van der Waals surface area contributed by atoms with E-state index in [1.54, 1.807) is 18.2 Å². The number of nitrogens with two attached hydrogens (primary N) is 2. The minimum absolute atomic E-state index is 0.00693. The van der Waals surface area contributed by atoms with E-state index in [0.717, 1.165) is 0 Å². The van der Waals surface area contributed by atoms with Gasteiger partial charge in [0.25, 0.3) is 5.56 Å². The van der Waals surface area contributed by atoms with Crippen LogP contribution in [0.1, 0.15) is 23.5 Å². The molecule has 0 saturated carbocycles. The van der Waals surface area contributed by atoms with Gasteiger partial charge in [0.1, 0.15) is 24.4 Å². The highest BCUT2D eigenvalue weighted by Crippen LogP contribution is 2.39. The zero-order chi connectivity index (χ0) is 21.6. The van der Waals surface area contributed by atoms with E-state index in [-0.39, 0.29) is 35.0 Å². The van der Waals surface area contributed by atoms with Crippen molar-refractivity contribution in [3.63, 3.8) is 0 Å². The number of nitrogens with zero attached hydrogens (tertiary/aromatic N) is 3. The number of nitrogens with one attached hydrogen (secondary N) is 1. The van der Waals surface area contributed by atoms with Gasteiger partial charge in [-0.1, -0.05) is 12.1 Å². The number of benzene rings is 1. The van der Waals surface area contributed by atoms with Gasteiger partial charge in [-0.2, -0.15) is 4.98 Å². The molecule has 0 bridgehead atoms. The van der Waals surface area contributed by atoms with Crippen LogP contribution in [0.5, 0.6) is 0 Å². The first-order valence-electron chi connectivity index (χ1n) is 9.00. The van der Waals surface area contributed by atoms with Crippen molar-refractivity contribution in [1.29, 1.82) is 0 Å². The molecule has 12 nitrogen and oxygen atoms in total. The first-order valence-corrected chi connectivity index (χ1v) is 9.00. The number of aliphatic hydroxyl groups excluding tert-OH is 1. The number of anilines is 2. The van der Waals surface area contributed by atoms with E-state index in [0.29, 0.717) is 0 Å². The van der Waals surface area contributed by atoms with Crippen molar-refractivity contribution in [3.8, 4) is 0 Å². The van der Waals surface area contributed by atoms with Crippen LogP contribution in [0.2, 0.25) is 0 Å². The maximum atomic E-state index is 12.3. The predicted octanol–water partition coefficient (Wildman–Crippen LogP) is -0.850. The van der Waals surface area contributed by atoms with E-state index in [1.807, 2.05) is 0 Å². The summed E-state index contributed by atoms with van der Waals surface area (Å²) in [6.45, 7) is 1.01. The van der Waals surface area contributed by atoms with Gasteiger partial charge in [-0.05, 0) is 19.1 Å². The van der Waals surface area contributed by atoms with Crippen molar-refractivity contribution >= 4 is 28.8 Å². The number of esters is 1. The summed E-state index contributed by atoms with van der Waals surface area (Å²) in [5.74, 6) is -0.834. The van der Waals surface area contributed by atoms with E-state index in [4.69, 9.17) is 20.9 Å². The fourth-order valence-electron chi connectivity index (χ4n) is 3.41. The van der Waals surface area contributed by atoms with Crippen molar-refractivity contribution in [2.75, 3.05) is 18.1 Å². The average molecular weight is 416 g/mol. The molecule has 7 N–H and O–H groups in total. The molecule has 0 unspecified atom stereocenters. The first kappa shape index (κ1) is 19.8. The topological polar surface area (TPSA) is 192 Å². The molecule has 3 heterocycles. The second-order valence-electron chi connectivity index (χ2n) is 7.16. The maximum Gasteiger partial charge on any atom is 0.340 e. The molecule has 4 rings (SSSR count). The molecule has 12 heteroatoms. The predicted molar refractivity (Wildman–Crippen MR) is 104 cm³/mol. The average Bonchev–Trinajstić information content (AvgIpc) is 3.20. The standard InChI is InChI=1S/C18H20N6O6/c1-18(28)12(25)10(6-29-15(27)8-4-2-3-5-9(8)19)30-16(18)24-7-21-11-13(24)22-17(20)23-14(11)26/h2-5,7,10,12,16,25,28H,6,19H2,1H3,(H3,20,22,23,26)/t10-,12-,16-,18-/m1/s1. The van der Waals surface area contributed by atoms with Crippen LogP contribution < -0.4 is 17.0 Å². The van der Waals surface area contributed by atoms with Crippen molar-refractivity contribution in [3.05, 3.63) is 46.5 Å². The molecule has 0 amide bonds. The molecule has 1 aromatic carbocycles. The molecule has 158 valence electrons. The van der Waals surface area contributed by atoms with Crippen LogP contribution in [-0.4, -0.2) is 60.1 Å². The van der Waals surface area contributed by atoms with Crippen LogP contribution in [-0.2, 0) is 9.47 Å². The Bertz CT molecular complexity index is 1170. The molecule has 30 heavy (non-hydrogen) atoms. The Kier molecular flexibility index (Phi) is 4.68. The fourth-order valence-corrected chi connectivity index (χ4v) is 3.41. The summed E-state index contributed by atoms with van der Waals surface area (Å²) in [7, 11) is 0. The van der Waals surface area contributed by atoms with E-state index in [9.17, 15) is 19.8 Å². The minimum atomic E-state index is -1.81. The van der Waals surface area contributed by atoms with Gasteiger partial charge >= 0.3 is 5.97 Å². The molecule has 0 radical (unpaired) electrons. The Morgan fingerprint density at radius 3 is 2.87 bits per heavy atom. The molecule has 1 aliphatic heterocycles. The maximum absolute atomic E-state index is 12.3. The van der Waals surface area contributed by atoms with E-state index >= 15 is 0 Å². The van der Waals surface area contributed by atoms with Crippen molar-refractivity contribution in [1.82, 2.24) is 19.5 Å². The third kappa shape index (κ3) is 3.16. The van der Waals surface area contributed by atoms with Gasteiger partial charge in [0.2, 0.25) is 5.95 Å². The second kappa shape index (κ2) is 7.09. The Labute approximate surface area is 169 Å². The number of para-hydroxylation sites is 1. The largest absolute Gasteiger partial charge is 0.459 e. The first-order chi connectivity index (χ1) is 14.2. The van der Waals surface area contributed by atoms with Crippen LogP contribution in [0.25, 0.3) is 11.2 Å². The zero-order valence-electron chi connectivity index (χ0n) is 15.8. The third-order valence-corrected chi connectivity index (χ3v) is 5.02. The monoisotopic (exact) mass is 416 g/mol. The lowest BCUT2D eigenvalue weighted by Gasteiger charge is -2.27. The van der Waals surface area contributed by atoms with Crippen LogP contribution in [0.4, 0.5) is 11.6 Å². The molecule has 3 aromatic rings. The molecule has 0 aliphatic carbocycles. The summed E-state index contributed by atoms with van der Waals surface area (Å²) in [4.78, 5) is 34.6. The van der Waals surface area contributed by atoms with Gasteiger partial charge in [-0.15, -0.1) is 0 Å². The Morgan fingerprint density at radius 1 is 1.40 bits per heavy atom. The number of carbonyl (C=O) groups is 1. The number of carbonyl (C=O) groups excluding carboxylic acids is 1. The summed E-state index contributed by atoms with van der Waals surface area (Å²) >= 11 is 0. The van der Waals surface area contributed by atoms with E-state index in [1.165, 1.54) is 23.9 Å². The number of ether oxygens (including phenoxy) is 2. The summed E-state index contributed by atoms with van der Waals surface area (Å²) in [6, 6.07) is 6.38. The second-order valence-corrected chi connectivity index (χ2v) is 7.16. The van der Waals surface area contributed by atoms with Crippen molar-refractivity contribution in [2.24, 2.45) is 0 Å². The number of aromatic amines is 1. The number of aliphatic hydroxyl groups is 2. The van der Waals surface area contributed by atoms with Crippen LogP contribution in [0.3, 0.4) is 0 Å². The Morgan fingerprint density at radius 2 is 2.13 bits per heavy atom. The smallest absolute Gasteiger partial charge is 0.340 e. The van der Waals surface area contributed by atoms with Gasteiger partial charge in [0.05, 0.1) is 11.9 Å². The highest BCUT2D eigenvalue weighted by Gasteiger charge is 2.54. The summed E-state index contributed by atoms with van der Waals surface area (Å²) < 4.78 is 12.3. The number of H-pyrrole nitrogens is 1. The van der Waals surface area contributed by atoms with E-state index < -0.39 is 35.6 Å². The third-order valence-electron chi connectivity index (χ3n) is 5.02.